The van der Waals surface area contributed by atoms with Crippen molar-refractivity contribution in [1.29, 1.82) is 0 Å². The maximum Gasteiger partial charge on any atom is 0.346 e. The highest BCUT2D eigenvalue weighted by molar-refractivity contribution is 9.10. The molecule has 0 fully saturated rings. The van der Waals surface area contributed by atoms with Gasteiger partial charge in [0.1, 0.15) is 5.37 Å². The maximum atomic E-state index is 12.4. The Kier molecular flexibility index (Phi) is 7.39. The third kappa shape index (κ3) is 5.43. The van der Waals surface area contributed by atoms with E-state index in [1.54, 1.807) is 42.9 Å². The van der Waals surface area contributed by atoms with Crippen molar-refractivity contribution in [3.63, 3.8) is 0 Å². The van der Waals surface area contributed by atoms with E-state index in [1.807, 2.05) is 17.5 Å². The zero-order valence-corrected chi connectivity index (χ0v) is 17.5. The molecule has 0 bridgehead atoms. The summed E-state index contributed by atoms with van der Waals surface area (Å²) in [5.74, 6) is 0. The lowest BCUT2D eigenvalue weighted by molar-refractivity contribution is -0.385. The number of nitro groups is 1. The highest BCUT2D eigenvalue weighted by atomic mass is 79.9. The molecule has 29 heavy (non-hydrogen) atoms. The number of pyridine rings is 1. The van der Waals surface area contributed by atoms with Gasteiger partial charge < -0.3 is 0 Å². The van der Waals surface area contributed by atoms with Crippen LogP contribution in [0.15, 0.2) is 71.0 Å². The van der Waals surface area contributed by atoms with Crippen LogP contribution in [-0.4, -0.2) is 27.4 Å². The van der Waals surface area contributed by atoms with Gasteiger partial charge in [0.15, 0.2) is 0 Å². The Bertz CT molecular complexity index is 939. The van der Waals surface area contributed by atoms with E-state index in [9.17, 15) is 14.9 Å². The first-order valence-corrected chi connectivity index (χ1v) is 10.3. The highest BCUT2D eigenvalue weighted by Gasteiger charge is 2.27. The predicted octanol–water partition coefficient (Wildman–Crippen LogP) is 4.71. The van der Waals surface area contributed by atoms with Crippen LogP contribution in [0.25, 0.3) is 0 Å². The van der Waals surface area contributed by atoms with Gasteiger partial charge in [-0.25, -0.2) is 10.3 Å². The number of aromatic nitrogens is 1. The molecule has 150 valence electrons. The molecule has 1 N–H and O–H groups in total. The summed E-state index contributed by atoms with van der Waals surface area (Å²) in [4.78, 5) is 33.8. The van der Waals surface area contributed by atoms with E-state index in [0.29, 0.717) is 16.5 Å². The number of carbonyl (C=O) groups is 1. The normalized spacial score (nSPS) is 15.8. The van der Waals surface area contributed by atoms with Crippen molar-refractivity contribution in [3.05, 3.63) is 92.2 Å². The van der Waals surface area contributed by atoms with E-state index in [2.05, 4.69) is 26.4 Å². The van der Waals surface area contributed by atoms with Crippen molar-refractivity contribution >= 4 is 39.4 Å². The first-order valence-electron chi connectivity index (χ1n) is 8.57. The summed E-state index contributed by atoms with van der Waals surface area (Å²) in [5, 5.41) is 12.8. The van der Waals surface area contributed by atoms with Crippen LogP contribution in [-0.2, 0) is 11.3 Å². The van der Waals surface area contributed by atoms with E-state index in [-0.39, 0.29) is 23.7 Å². The lowest BCUT2D eigenvalue weighted by atomic mass is 10.1. The van der Waals surface area contributed by atoms with E-state index >= 15 is 0 Å². The van der Waals surface area contributed by atoms with Crippen molar-refractivity contribution < 1.29 is 14.6 Å². The second-order valence-corrected chi connectivity index (χ2v) is 7.69. The summed E-state index contributed by atoms with van der Waals surface area (Å²) in [7, 11) is 0. The molecule has 0 aliphatic carbocycles. The van der Waals surface area contributed by atoms with Gasteiger partial charge in [-0.1, -0.05) is 34.1 Å². The van der Waals surface area contributed by atoms with E-state index in [1.165, 1.54) is 22.7 Å². The van der Waals surface area contributed by atoms with Gasteiger partial charge in [-0.2, -0.15) is 0 Å². The van der Waals surface area contributed by atoms with Crippen molar-refractivity contribution in [1.82, 2.24) is 15.4 Å². The lowest BCUT2D eigenvalue weighted by Gasteiger charge is -2.22. The number of carbonyl (C=O) groups excluding carboxylic acids is 1. The summed E-state index contributed by atoms with van der Waals surface area (Å²) >= 11 is 4.84. The molecular formula is C19H17BrN4O4S. The molecule has 1 aromatic carbocycles. The molecule has 1 aromatic heterocycles. The number of allylic oxidation sites excluding steroid dienone is 1. The summed E-state index contributed by atoms with van der Waals surface area (Å²) in [6.07, 6.45) is 8.87. The van der Waals surface area contributed by atoms with Crippen LogP contribution in [0.1, 0.15) is 16.5 Å². The Balaban J connectivity index is 1.48. The van der Waals surface area contributed by atoms with Gasteiger partial charge >= 0.3 is 6.03 Å². The molecule has 2 amide bonds. The minimum absolute atomic E-state index is 0.0544. The number of rotatable bonds is 7. The van der Waals surface area contributed by atoms with Crippen molar-refractivity contribution in [3.8, 4) is 0 Å². The Morgan fingerprint density at radius 2 is 2.14 bits per heavy atom. The second kappa shape index (κ2) is 10.2. The number of nitro benzene ring substituents is 1. The van der Waals surface area contributed by atoms with Gasteiger partial charge in [-0.3, -0.25) is 24.8 Å². The smallest absolute Gasteiger partial charge is 0.282 e. The molecule has 1 aliphatic heterocycles. The van der Waals surface area contributed by atoms with E-state index < -0.39 is 4.92 Å². The standard InChI is InChI=1S/C19H17BrN4O4S/c20-16-5-3-6-17(24(26)27)15(16)4-1-2-12-28-22-19(25)23-11-13-29-18(23)14-7-9-21-10-8-14/h1-3,5-11,13,18H,4,12H2,(H,22,25). The second-order valence-electron chi connectivity index (χ2n) is 5.85. The molecule has 0 radical (unpaired) electrons. The fraction of sp³-hybridized carbons (Fsp3) is 0.158. The number of halogens is 1. The minimum Gasteiger partial charge on any atom is -0.282 e. The molecular weight excluding hydrogens is 460 g/mol. The summed E-state index contributed by atoms with van der Waals surface area (Å²) in [5.41, 5.74) is 4.00. The first kappa shape index (κ1) is 21.0. The number of amides is 2. The largest absolute Gasteiger partial charge is 0.346 e. The van der Waals surface area contributed by atoms with Crippen LogP contribution in [0.4, 0.5) is 10.5 Å². The number of hydrogen-bond donors (Lipinski definition) is 1. The van der Waals surface area contributed by atoms with E-state index in [4.69, 9.17) is 4.84 Å². The van der Waals surface area contributed by atoms with Gasteiger partial charge in [-0.05, 0) is 35.6 Å². The minimum atomic E-state index is -0.411. The fourth-order valence-electron chi connectivity index (χ4n) is 2.65. The van der Waals surface area contributed by atoms with Crippen LogP contribution in [0.3, 0.4) is 0 Å². The van der Waals surface area contributed by atoms with Gasteiger partial charge in [0.05, 0.1) is 11.5 Å². The summed E-state index contributed by atoms with van der Waals surface area (Å²) in [6.45, 7) is 0.134. The van der Waals surface area contributed by atoms with Gasteiger partial charge in [-0.15, -0.1) is 11.8 Å². The predicted molar refractivity (Wildman–Crippen MR) is 114 cm³/mol. The number of hydroxylamine groups is 1. The number of thioether (sulfide) groups is 1. The van der Waals surface area contributed by atoms with E-state index in [0.717, 1.165) is 5.56 Å². The number of nitrogens with one attached hydrogen (secondary N) is 1. The highest BCUT2D eigenvalue weighted by Crippen LogP contribution is 2.38. The summed E-state index contributed by atoms with van der Waals surface area (Å²) in [6, 6.07) is 8.17. The Morgan fingerprint density at radius 1 is 1.34 bits per heavy atom. The molecule has 2 aromatic rings. The molecule has 1 aliphatic rings. The third-order valence-electron chi connectivity index (χ3n) is 4.03. The molecule has 2 heterocycles. The van der Waals surface area contributed by atoms with Gasteiger partial charge in [0.25, 0.3) is 5.69 Å². The average Bonchev–Trinajstić information content (AvgIpc) is 3.22. The molecule has 0 spiro atoms. The Hall–Kier alpha value is -2.69. The van der Waals surface area contributed by atoms with Crippen LogP contribution < -0.4 is 5.48 Å². The Morgan fingerprint density at radius 3 is 2.90 bits per heavy atom. The van der Waals surface area contributed by atoms with Crippen LogP contribution in [0, 0.1) is 10.1 Å². The molecule has 0 saturated heterocycles. The monoisotopic (exact) mass is 476 g/mol. The molecule has 8 nitrogen and oxygen atoms in total. The van der Waals surface area contributed by atoms with Crippen molar-refractivity contribution in [2.24, 2.45) is 0 Å². The van der Waals surface area contributed by atoms with Gasteiger partial charge in [0.2, 0.25) is 0 Å². The fourth-order valence-corrected chi connectivity index (χ4v) is 4.13. The van der Waals surface area contributed by atoms with Crippen molar-refractivity contribution in [2.45, 2.75) is 11.8 Å². The van der Waals surface area contributed by atoms with Crippen molar-refractivity contribution in [2.75, 3.05) is 6.61 Å². The lowest BCUT2D eigenvalue weighted by Crippen LogP contribution is -2.36. The number of nitrogens with zero attached hydrogens (tertiary/aromatic N) is 3. The Labute approximate surface area is 179 Å². The average molecular weight is 477 g/mol. The number of urea groups is 1. The SMILES string of the molecule is O=C(NOCC=CCc1c(Br)cccc1[N+](=O)[O-])N1C=CSC1c1ccncc1. The molecule has 1 unspecified atom stereocenters. The quantitative estimate of drug-likeness (QED) is 0.269. The molecule has 0 saturated carbocycles. The number of hydrogen-bond acceptors (Lipinski definition) is 6. The molecule has 3 rings (SSSR count). The van der Waals surface area contributed by atoms with Gasteiger partial charge in [0, 0.05) is 34.7 Å². The third-order valence-corrected chi connectivity index (χ3v) is 5.80. The number of benzene rings is 1. The van der Waals surface area contributed by atoms with Crippen LogP contribution in [0.2, 0.25) is 0 Å². The van der Waals surface area contributed by atoms with Crippen LogP contribution >= 0.6 is 27.7 Å². The summed E-state index contributed by atoms with van der Waals surface area (Å²) < 4.78 is 0.672. The zero-order valence-electron chi connectivity index (χ0n) is 15.1. The molecule has 1 atom stereocenters. The zero-order chi connectivity index (χ0) is 20.6. The van der Waals surface area contributed by atoms with Crippen LogP contribution in [0.5, 0.6) is 0 Å². The first-order chi connectivity index (χ1) is 14.1. The topological polar surface area (TPSA) is 97.6 Å². The maximum absolute atomic E-state index is 12.4. The molecule has 10 heteroatoms.